The predicted octanol–water partition coefficient (Wildman–Crippen LogP) is 1.52. The highest BCUT2D eigenvalue weighted by Gasteiger charge is 2.38. The monoisotopic (exact) mass is 312 g/mol. The lowest BCUT2D eigenvalue weighted by atomic mass is 10.7. The molecule has 0 spiro atoms. The summed E-state index contributed by atoms with van der Waals surface area (Å²) in [5, 5.41) is 17.6. The number of halogens is 6. The van der Waals surface area contributed by atoms with E-state index in [1.807, 2.05) is 0 Å². The topological polar surface area (TPSA) is 127 Å². The third kappa shape index (κ3) is 12.0. The van der Waals surface area contributed by atoms with Crippen molar-refractivity contribution in [2.75, 3.05) is 5.73 Å². The molecule has 20 heavy (non-hydrogen) atoms. The van der Waals surface area contributed by atoms with E-state index in [1.54, 1.807) is 6.07 Å². The van der Waals surface area contributed by atoms with Crippen molar-refractivity contribution < 1.29 is 50.7 Å². The van der Waals surface area contributed by atoms with E-state index in [0.29, 0.717) is 5.82 Å². The van der Waals surface area contributed by atoms with Gasteiger partial charge >= 0.3 is 24.3 Å². The largest absolute Gasteiger partial charge is 0.490 e. The first-order valence-electron chi connectivity index (χ1n) is 4.04. The van der Waals surface area contributed by atoms with Crippen LogP contribution in [0.4, 0.5) is 32.2 Å². The number of alkyl halides is 6. The number of aliphatic carboxylic acids is 2. The van der Waals surface area contributed by atoms with Crippen LogP contribution >= 0.6 is 0 Å². The van der Waals surface area contributed by atoms with Gasteiger partial charge < -0.3 is 20.5 Å². The number of carboxylic acids is 2. The average molecular weight is 312 g/mol. The second-order valence-corrected chi connectivity index (χ2v) is 2.53. The van der Waals surface area contributed by atoms with E-state index in [2.05, 4.69) is 9.68 Å². The minimum Gasteiger partial charge on any atom is -0.475 e. The van der Waals surface area contributed by atoms with E-state index < -0.39 is 24.3 Å². The summed E-state index contributed by atoms with van der Waals surface area (Å²) in [6.45, 7) is 0. The number of hydrogen-bond donors (Lipinski definition) is 3. The number of carbonyl (C=O) groups is 2. The minimum atomic E-state index is -5.08. The van der Waals surface area contributed by atoms with E-state index >= 15 is 0 Å². The van der Waals surface area contributed by atoms with Gasteiger partial charge in [-0.3, -0.25) is 0 Å². The van der Waals surface area contributed by atoms with Gasteiger partial charge in [-0.15, -0.1) is 0 Å². The summed E-state index contributed by atoms with van der Waals surface area (Å²) in [7, 11) is 0. The van der Waals surface area contributed by atoms with Crippen molar-refractivity contribution in [1.82, 2.24) is 5.16 Å². The van der Waals surface area contributed by atoms with Gasteiger partial charge in [-0.25, -0.2) is 9.59 Å². The first kappa shape index (κ1) is 19.9. The van der Waals surface area contributed by atoms with Crippen LogP contribution in [0.25, 0.3) is 0 Å². The van der Waals surface area contributed by atoms with Crippen LogP contribution in [0.3, 0.4) is 0 Å². The summed E-state index contributed by atoms with van der Waals surface area (Å²) in [5.41, 5.74) is 5.07. The number of nitrogen functional groups attached to an aromatic ring is 1. The maximum atomic E-state index is 10.6. The highest BCUT2D eigenvalue weighted by atomic mass is 19.4. The Kier molecular flexibility index (Phi) is 7.80. The van der Waals surface area contributed by atoms with E-state index in [1.165, 1.54) is 6.26 Å². The molecule has 0 fully saturated rings. The molecular formula is C7H6F6N2O5. The van der Waals surface area contributed by atoms with Gasteiger partial charge in [-0.1, -0.05) is 5.16 Å². The zero-order valence-corrected chi connectivity index (χ0v) is 9.07. The second kappa shape index (κ2) is 7.85. The third-order valence-electron chi connectivity index (χ3n) is 0.943. The van der Waals surface area contributed by atoms with Gasteiger partial charge in [0.25, 0.3) is 0 Å². The van der Waals surface area contributed by atoms with Gasteiger partial charge in [0.05, 0.1) is 0 Å². The highest BCUT2D eigenvalue weighted by molar-refractivity contribution is 5.73. The Bertz CT molecular complexity index is 388. The van der Waals surface area contributed by atoms with Gasteiger partial charge in [0.1, 0.15) is 6.26 Å². The zero-order chi connectivity index (χ0) is 16.6. The Labute approximate surface area is 105 Å². The molecule has 7 nitrogen and oxygen atoms in total. The van der Waals surface area contributed by atoms with Crippen LogP contribution in [0, 0.1) is 0 Å². The summed E-state index contributed by atoms with van der Waals surface area (Å²) in [4.78, 5) is 17.8. The fraction of sp³-hybridized carbons (Fsp3) is 0.286. The molecular weight excluding hydrogens is 306 g/mol. The van der Waals surface area contributed by atoms with E-state index in [-0.39, 0.29) is 0 Å². The molecule has 0 saturated heterocycles. The van der Waals surface area contributed by atoms with Gasteiger partial charge in [0.15, 0.2) is 5.82 Å². The van der Waals surface area contributed by atoms with Crippen molar-refractivity contribution in [2.45, 2.75) is 12.4 Å². The van der Waals surface area contributed by atoms with Crippen molar-refractivity contribution in [3.05, 3.63) is 12.3 Å². The van der Waals surface area contributed by atoms with Crippen molar-refractivity contribution >= 4 is 17.8 Å². The molecule has 116 valence electrons. The molecule has 4 N–H and O–H groups in total. The lowest BCUT2D eigenvalue weighted by Crippen LogP contribution is -2.21. The maximum absolute atomic E-state index is 10.6. The predicted molar refractivity (Wildman–Crippen MR) is 48.3 cm³/mol. The summed E-state index contributed by atoms with van der Waals surface area (Å²) in [5.74, 6) is -5.09. The average Bonchev–Trinajstić information content (AvgIpc) is 2.67. The summed E-state index contributed by atoms with van der Waals surface area (Å²) < 4.78 is 67.8. The van der Waals surface area contributed by atoms with Crippen LogP contribution in [0.2, 0.25) is 0 Å². The molecule has 0 saturated carbocycles. The van der Waals surface area contributed by atoms with Crippen molar-refractivity contribution in [2.24, 2.45) is 0 Å². The lowest BCUT2D eigenvalue weighted by Gasteiger charge is -1.93. The summed E-state index contributed by atoms with van der Waals surface area (Å²) in [6, 6.07) is 1.58. The van der Waals surface area contributed by atoms with Crippen molar-refractivity contribution in [3.63, 3.8) is 0 Å². The smallest absolute Gasteiger partial charge is 0.475 e. The van der Waals surface area contributed by atoms with Crippen LogP contribution in [0.5, 0.6) is 0 Å². The number of rotatable bonds is 0. The zero-order valence-electron chi connectivity index (χ0n) is 9.07. The molecule has 1 aromatic heterocycles. The first-order chi connectivity index (χ1) is 8.78. The molecule has 0 radical (unpaired) electrons. The maximum Gasteiger partial charge on any atom is 0.490 e. The quantitative estimate of drug-likeness (QED) is 0.620. The molecule has 0 aliphatic heterocycles. The van der Waals surface area contributed by atoms with Crippen molar-refractivity contribution in [3.8, 4) is 0 Å². The molecule has 1 heterocycles. The highest BCUT2D eigenvalue weighted by Crippen LogP contribution is 2.13. The van der Waals surface area contributed by atoms with E-state index in [9.17, 15) is 26.3 Å². The Morgan fingerprint density at radius 2 is 1.35 bits per heavy atom. The van der Waals surface area contributed by atoms with E-state index in [0.717, 1.165) is 0 Å². The number of anilines is 1. The molecule has 1 aromatic rings. The Balaban J connectivity index is 0. The molecule has 0 atom stereocenters. The van der Waals surface area contributed by atoms with Crippen LogP contribution < -0.4 is 5.73 Å². The summed E-state index contributed by atoms with van der Waals surface area (Å²) in [6.07, 6.45) is -8.74. The fourth-order valence-corrected chi connectivity index (χ4v) is 0.222. The normalized spacial score (nSPS) is 10.5. The standard InChI is InChI=1S/C3H4N2O.2C2HF3O2/c4-3-1-2-6-5-3;2*3-2(4,5)1(6)7/h1-2H,(H2,4,5);2*(H,6,7). The molecule has 0 aliphatic carbocycles. The molecule has 1 rings (SSSR count). The number of nitrogens with zero attached hydrogens (tertiary/aromatic N) is 1. The molecule has 13 heteroatoms. The van der Waals surface area contributed by atoms with Crippen LogP contribution in [0.15, 0.2) is 16.9 Å². The Morgan fingerprint density at radius 3 is 1.40 bits per heavy atom. The number of aromatic nitrogens is 1. The van der Waals surface area contributed by atoms with Crippen LogP contribution in [0.1, 0.15) is 0 Å². The van der Waals surface area contributed by atoms with Crippen LogP contribution in [-0.2, 0) is 9.59 Å². The summed E-state index contributed by atoms with van der Waals surface area (Å²) >= 11 is 0. The van der Waals surface area contributed by atoms with Crippen molar-refractivity contribution in [1.29, 1.82) is 0 Å². The number of hydrogen-bond acceptors (Lipinski definition) is 5. The Hall–Kier alpha value is -2.47. The molecule has 0 unspecified atom stereocenters. The van der Waals surface area contributed by atoms with Gasteiger partial charge in [-0.2, -0.15) is 26.3 Å². The van der Waals surface area contributed by atoms with Crippen LogP contribution in [-0.4, -0.2) is 39.7 Å². The first-order valence-corrected chi connectivity index (χ1v) is 4.04. The third-order valence-corrected chi connectivity index (χ3v) is 0.943. The second-order valence-electron chi connectivity index (χ2n) is 2.53. The number of nitrogens with two attached hydrogens (primary N) is 1. The van der Waals surface area contributed by atoms with Gasteiger partial charge in [0.2, 0.25) is 0 Å². The number of carboxylic acid groups (broad SMARTS) is 2. The molecule has 0 aromatic carbocycles. The van der Waals surface area contributed by atoms with Gasteiger partial charge in [0, 0.05) is 6.07 Å². The van der Waals surface area contributed by atoms with Gasteiger partial charge in [-0.05, 0) is 0 Å². The lowest BCUT2D eigenvalue weighted by molar-refractivity contribution is -0.193. The molecule has 0 amide bonds. The van der Waals surface area contributed by atoms with E-state index in [4.69, 9.17) is 25.5 Å². The SMILES string of the molecule is Nc1ccon1.O=C(O)C(F)(F)F.O=C(O)C(F)(F)F. The molecule has 0 bridgehead atoms. The molecule has 0 aliphatic rings. The Morgan fingerprint density at radius 1 is 1.05 bits per heavy atom. The minimum absolute atomic E-state index is 0.426. The fourth-order valence-electron chi connectivity index (χ4n) is 0.222.